The number of benzene rings is 1. The fourth-order valence-electron chi connectivity index (χ4n) is 2.83. The number of hydrogen-bond acceptors (Lipinski definition) is 4. The number of rotatable bonds is 6. The quantitative estimate of drug-likeness (QED) is 0.833. The lowest BCUT2D eigenvalue weighted by atomic mass is 10.1. The molecule has 0 bridgehead atoms. The van der Waals surface area contributed by atoms with Crippen LogP contribution in [0.1, 0.15) is 33.9 Å². The minimum absolute atomic E-state index is 0.203. The standard InChI is InChI=1S/C18H22N4O2S/c1-13-19-10-16(25-13)11-21-18(24)20-9-14-4-2-5-15(8-14)12-22-7-3-6-17(22)23/h2,4-5,8,10H,3,6-7,9,11-12H2,1H3,(H2,20,21,24). The number of thiazole rings is 1. The van der Waals surface area contributed by atoms with Crippen LogP contribution in [0.3, 0.4) is 0 Å². The second-order valence-electron chi connectivity index (χ2n) is 6.12. The van der Waals surface area contributed by atoms with E-state index in [1.807, 2.05) is 36.1 Å². The Kier molecular flexibility index (Phi) is 5.65. The minimum atomic E-state index is -0.203. The zero-order chi connectivity index (χ0) is 17.6. The van der Waals surface area contributed by atoms with Crippen LogP contribution in [0.2, 0.25) is 0 Å². The number of aromatic nitrogens is 1. The molecule has 1 aromatic heterocycles. The third kappa shape index (κ3) is 5.03. The zero-order valence-corrected chi connectivity index (χ0v) is 15.1. The lowest BCUT2D eigenvalue weighted by Crippen LogP contribution is -2.34. The maximum absolute atomic E-state index is 11.9. The number of likely N-dealkylation sites (tertiary alicyclic amines) is 1. The summed E-state index contributed by atoms with van der Waals surface area (Å²) in [4.78, 5) is 30.7. The summed E-state index contributed by atoms with van der Waals surface area (Å²) in [5.74, 6) is 0.223. The first kappa shape index (κ1) is 17.4. The summed E-state index contributed by atoms with van der Waals surface area (Å²) in [5.41, 5.74) is 2.11. The Morgan fingerprint density at radius 1 is 1.28 bits per heavy atom. The van der Waals surface area contributed by atoms with E-state index < -0.39 is 0 Å². The highest BCUT2D eigenvalue weighted by Gasteiger charge is 2.19. The first-order valence-electron chi connectivity index (χ1n) is 8.39. The lowest BCUT2D eigenvalue weighted by Gasteiger charge is -2.16. The summed E-state index contributed by atoms with van der Waals surface area (Å²) in [6.07, 6.45) is 3.38. The third-order valence-corrected chi connectivity index (χ3v) is 4.99. The molecule has 1 aliphatic heterocycles. The van der Waals surface area contributed by atoms with Crippen LogP contribution in [-0.4, -0.2) is 28.4 Å². The molecule has 6 nitrogen and oxygen atoms in total. The summed E-state index contributed by atoms with van der Waals surface area (Å²) in [6.45, 7) is 4.35. The van der Waals surface area contributed by atoms with Crippen molar-refractivity contribution in [2.75, 3.05) is 6.54 Å². The Morgan fingerprint density at radius 2 is 2.08 bits per heavy atom. The number of aryl methyl sites for hydroxylation is 1. The van der Waals surface area contributed by atoms with Crippen molar-refractivity contribution in [3.05, 3.63) is 51.5 Å². The number of amides is 3. The highest BCUT2D eigenvalue weighted by atomic mass is 32.1. The van der Waals surface area contributed by atoms with Crippen molar-refractivity contribution in [2.45, 2.75) is 39.4 Å². The summed E-state index contributed by atoms with van der Waals surface area (Å²) in [5, 5.41) is 6.68. The minimum Gasteiger partial charge on any atom is -0.338 e. The Labute approximate surface area is 151 Å². The fourth-order valence-corrected chi connectivity index (χ4v) is 3.56. The Hall–Kier alpha value is -2.41. The third-order valence-electron chi connectivity index (χ3n) is 4.08. The SMILES string of the molecule is Cc1ncc(CNC(=O)NCc2cccc(CN3CCCC3=O)c2)s1. The van der Waals surface area contributed by atoms with Crippen molar-refractivity contribution in [2.24, 2.45) is 0 Å². The van der Waals surface area contributed by atoms with E-state index in [2.05, 4.69) is 15.6 Å². The maximum Gasteiger partial charge on any atom is 0.315 e. The van der Waals surface area contributed by atoms with Gasteiger partial charge in [0.25, 0.3) is 0 Å². The van der Waals surface area contributed by atoms with E-state index >= 15 is 0 Å². The van der Waals surface area contributed by atoms with Gasteiger partial charge in [-0.3, -0.25) is 4.79 Å². The number of carbonyl (C=O) groups excluding carboxylic acids is 2. The van der Waals surface area contributed by atoms with Gasteiger partial charge >= 0.3 is 6.03 Å². The van der Waals surface area contributed by atoms with Crippen molar-refractivity contribution in [1.82, 2.24) is 20.5 Å². The molecule has 25 heavy (non-hydrogen) atoms. The Balaban J connectivity index is 1.46. The second kappa shape index (κ2) is 8.11. The fraction of sp³-hybridized carbons (Fsp3) is 0.389. The van der Waals surface area contributed by atoms with Crippen LogP contribution in [0.15, 0.2) is 30.5 Å². The predicted octanol–water partition coefficient (Wildman–Crippen LogP) is 2.57. The first-order chi connectivity index (χ1) is 12.1. The molecule has 1 fully saturated rings. The van der Waals surface area contributed by atoms with Gasteiger partial charge in [0.05, 0.1) is 11.6 Å². The van der Waals surface area contributed by atoms with Crippen molar-refractivity contribution in [3.63, 3.8) is 0 Å². The van der Waals surface area contributed by atoms with Crippen molar-refractivity contribution in [1.29, 1.82) is 0 Å². The van der Waals surface area contributed by atoms with E-state index in [4.69, 9.17) is 0 Å². The van der Waals surface area contributed by atoms with E-state index in [1.54, 1.807) is 17.5 Å². The molecule has 2 heterocycles. The Morgan fingerprint density at radius 3 is 2.80 bits per heavy atom. The molecule has 0 radical (unpaired) electrons. The molecule has 0 unspecified atom stereocenters. The van der Waals surface area contributed by atoms with Gasteiger partial charge in [-0.1, -0.05) is 24.3 Å². The first-order valence-corrected chi connectivity index (χ1v) is 9.20. The number of carbonyl (C=O) groups is 2. The van der Waals surface area contributed by atoms with Crippen LogP contribution < -0.4 is 10.6 Å². The van der Waals surface area contributed by atoms with Gasteiger partial charge in [0.15, 0.2) is 0 Å². The van der Waals surface area contributed by atoms with E-state index in [9.17, 15) is 9.59 Å². The second-order valence-corrected chi connectivity index (χ2v) is 7.44. The summed E-state index contributed by atoms with van der Waals surface area (Å²) < 4.78 is 0. The Bertz CT molecular complexity index is 759. The van der Waals surface area contributed by atoms with Gasteiger partial charge in [0, 0.05) is 37.1 Å². The molecule has 7 heteroatoms. The zero-order valence-electron chi connectivity index (χ0n) is 14.2. The van der Waals surface area contributed by atoms with Gasteiger partial charge < -0.3 is 15.5 Å². The summed E-state index contributed by atoms with van der Waals surface area (Å²) in [7, 11) is 0. The molecule has 0 spiro atoms. The van der Waals surface area contributed by atoms with Gasteiger partial charge in [0.1, 0.15) is 0 Å². The van der Waals surface area contributed by atoms with Crippen LogP contribution in [0.25, 0.3) is 0 Å². The van der Waals surface area contributed by atoms with Crippen molar-refractivity contribution < 1.29 is 9.59 Å². The molecule has 2 aromatic rings. The number of hydrogen-bond donors (Lipinski definition) is 2. The van der Waals surface area contributed by atoms with Gasteiger partial charge in [-0.05, 0) is 24.5 Å². The van der Waals surface area contributed by atoms with Crippen molar-refractivity contribution >= 4 is 23.3 Å². The van der Waals surface area contributed by atoms with Gasteiger partial charge in [-0.25, -0.2) is 9.78 Å². The molecule has 3 amide bonds. The molecule has 1 aromatic carbocycles. The van der Waals surface area contributed by atoms with E-state index in [0.29, 0.717) is 26.1 Å². The molecule has 0 aliphatic carbocycles. The summed E-state index contributed by atoms with van der Waals surface area (Å²) in [6, 6.07) is 7.79. The lowest BCUT2D eigenvalue weighted by molar-refractivity contribution is -0.128. The van der Waals surface area contributed by atoms with E-state index in [1.165, 1.54) is 0 Å². The topological polar surface area (TPSA) is 74.3 Å². The van der Waals surface area contributed by atoms with Crippen LogP contribution >= 0.6 is 11.3 Å². The molecule has 0 atom stereocenters. The molecule has 0 saturated carbocycles. The smallest absolute Gasteiger partial charge is 0.315 e. The average molecular weight is 358 g/mol. The molecular weight excluding hydrogens is 336 g/mol. The summed E-state index contributed by atoms with van der Waals surface area (Å²) >= 11 is 1.58. The average Bonchev–Trinajstić information content (AvgIpc) is 3.20. The van der Waals surface area contributed by atoms with Crippen molar-refractivity contribution in [3.8, 4) is 0 Å². The van der Waals surface area contributed by atoms with Crippen LogP contribution in [-0.2, 0) is 24.4 Å². The van der Waals surface area contributed by atoms with Gasteiger partial charge in [0.2, 0.25) is 5.91 Å². The largest absolute Gasteiger partial charge is 0.338 e. The number of nitrogens with one attached hydrogen (secondary N) is 2. The molecular formula is C18H22N4O2S. The highest BCUT2D eigenvalue weighted by molar-refractivity contribution is 7.11. The number of urea groups is 1. The molecule has 1 aliphatic rings. The molecule has 3 rings (SSSR count). The highest BCUT2D eigenvalue weighted by Crippen LogP contribution is 2.15. The van der Waals surface area contributed by atoms with Crippen LogP contribution in [0, 0.1) is 6.92 Å². The normalized spacial score (nSPS) is 14.0. The van der Waals surface area contributed by atoms with Gasteiger partial charge in [-0.2, -0.15) is 0 Å². The van der Waals surface area contributed by atoms with Crippen LogP contribution in [0.4, 0.5) is 4.79 Å². The molecule has 1 saturated heterocycles. The monoisotopic (exact) mass is 358 g/mol. The van der Waals surface area contributed by atoms with E-state index in [0.717, 1.165) is 34.0 Å². The molecule has 132 valence electrons. The maximum atomic E-state index is 11.9. The van der Waals surface area contributed by atoms with E-state index in [-0.39, 0.29) is 11.9 Å². The predicted molar refractivity (Wildman–Crippen MR) is 97.0 cm³/mol. The molecule has 2 N–H and O–H groups in total. The van der Waals surface area contributed by atoms with Crippen LogP contribution in [0.5, 0.6) is 0 Å². The van der Waals surface area contributed by atoms with Gasteiger partial charge in [-0.15, -0.1) is 11.3 Å². The number of nitrogens with zero attached hydrogens (tertiary/aromatic N) is 2.